The lowest BCUT2D eigenvalue weighted by molar-refractivity contribution is 0.101. The van der Waals surface area contributed by atoms with Crippen LogP contribution in [-0.4, -0.2) is 16.8 Å². The van der Waals surface area contributed by atoms with Crippen LogP contribution in [0.4, 0.5) is 5.69 Å². The van der Waals surface area contributed by atoms with E-state index >= 15 is 0 Å². The van der Waals surface area contributed by atoms with Gasteiger partial charge in [-0.1, -0.05) is 5.16 Å². The van der Waals surface area contributed by atoms with Crippen molar-refractivity contribution in [2.45, 2.75) is 20.8 Å². The Kier molecular flexibility index (Phi) is 4.31. The van der Waals surface area contributed by atoms with Crippen molar-refractivity contribution >= 4 is 28.7 Å². The van der Waals surface area contributed by atoms with E-state index in [1.54, 1.807) is 30.3 Å². The van der Waals surface area contributed by atoms with Crippen molar-refractivity contribution in [2.24, 2.45) is 0 Å². The lowest BCUT2D eigenvalue weighted by Gasteiger charge is -2.04. The molecule has 24 heavy (non-hydrogen) atoms. The van der Waals surface area contributed by atoms with Gasteiger partial charge in [0.1, 0.15) is 5.76 Å². The zero-order valence-electron chi connectivity index (χ0n) is 13.5. The number of hydrogen-bond donors (Lipinski definition) is 1. The van der Waals surface area contributed by atoms with Crippen LogP contribution in [0.15, 0.2) is 40.9 Å². The van der Waals surface area contributed by atoms with E-state index in [0.29, 0.717) is 16.1 Å². The van der Waals surface area contributed by atoms with E-state index in [1.807, 2.05) is 19.9 Å². The van der Waals surface area contributed by atoms with Gasteiger partial charge in [-0.2, -0.15) is 0 Å². The second-order valence-electron chi connectivity index (χ2n) is 5.45. The minimum Gasteiger partial charge on any atom is -0.361 e. The maximum atomic E-state index is 12.4. The van der Waals surface area contributed by atoms with Crippen LogP contribution in [-0.2, 0) is 0 Å². The summed E-state index contributed by atoms with van der Waals surface area (Å²) in [4.78, 5) is 25.2. The first-order valence-electron chi connectivity index (χ1n) is 7.41. The van der Waals surface area contributed by atoms with Crippen molar-refractivity contribution in [1.82, 2.24) is 5.16 Å². The summed E-state index contributed by atoms with van der Waals surface area (Å²) >= 11 is 1.39. The number of nitrogens with zero attached hydrogens (tertiary/aromatic N) is 1. The summed E-state index contributed by atoms with van der Waals surface area (Å²) in [7, 11) is 0. The molecule has 2 heterocycles. The predicted molar refractivity (Wildman–Crippen MR) is 93.7 cm³/mol. The van der Waals surface area contributed by atoms with Crippen molar-refractivity contribution in [1.29, 1.82) is 0 Å². The van der Waals surface area contributed by atoms with Crippen LogP contribution in [0.3, 0.4) is 0 Å². The molecular weight excluding hydrogens is 324 g/mol. The minimum atomic E-state index is -0.186. The smallest absolute Gasteiger partial charge is 0.265 e. The summed E-state index contributed by atoms with van der Waals surface area (Å²) in [5.74, 6) is 0.546. The Balaban J connectivity index is 1.78. The SMILES string of the molecule is CC(=O)c1ccc(NC(=O)c2ccc(-c3c(C)noc3C)s2)cc1. The molecule has 1 amide bonds. The molecule has 0 aliphatic rings. The molecule has 1 N–H and O–H groups in total. The van der Waals surface area contributed by atoms with E-state index in [1.165, 1.54) is 18.3 Å². The quantitative estimate of drug-likeness (QED) is 0.711. The number of carbonyl (C=O) groups is 2. The highest BCUT2D eigenvalue weighted by atomic mass is 32.1. The standard InChI is InChI=1S/C18H16N2O3S/c1-10-17(12(3)23-20-10)15-8-9-16(24-15)18(22)19-14-6-4-13(5-7-14)11(2)21/h4-9H,1-3H3,(H,19,22). The van der Waals surface area contributed by atoms with Crippen molar-refractivity contribution < 1.29 is 14.1 Å². The Morgan fingerprint density at radius 1 is 1.08 bits per heavy atom. The summed E-state index contributed by atoms with van der Waals surface area (Å²) < 4.78 is 5.17. The third-order valence-electron chi connectivity index (χ3n) is 3.66. The molecule has 3 rings (SSSR count). The van der Waals surface area contributed by atoms with Crippen molar-refractivity contribution in [3.63, 3.8) is 0 Å². The normalized spacial score (nSPS) is 10.6. The third kappa shape index (κ3) is 3.14. The number of Topliss-reactive ketones (excluding diaryl/α,β-unsaturated/α-hetero) is 1. The van der Waals surface area contributed by atoms with Crippen LogP contribution in [0.5, 0.6) is 0 Å². The molecule has 122 valence electrons. The maximum Gasteiger partial charge on any atom is 0.265 e. The Morgan fingerprint density at radius 3 is 2.38 bits per heavy atom. The number of aromatic nitrogens is 1. The Bertz CT molecular complexity index is 887. The van der Waals surface area contributed by atoms with Crippen molar-refractivity contribution in [3.8, 4) is 10.4 Å². The predicted octanol–water partition coefficient (Wildman–Crippen LogP) is 4.47. The van der Waals surface area contributed by atoms with Gasteiger partial charge in [-0.25, -0.2) is 0 Å². The average Bonchev–Trinajstić information content (AvgIpc) is 3.14. The number of rotatable bonds is 4. The highest BCUT2D eigenvalue weighted by molar-refractivity contribution is 7.17. The van der Waals surface area contributed by atoms with Gasteiger partial charge in [0.2, 0.25) is 0 Å². The van der Waals surface area contributed by atoms with Gasteiger partial charge < -0.3 is 9.84 Å². The molecule has 1 aromatic carbocycles. The van der Waals surface area contributed by atoms with Gasteiger partial charge in [0.15, 0.2) is 5.78 Å². The Morgan fingerprint density at radius 2 is 1.79 bits per heavy atom. The zero-order valence-corrected chi connectivity index (χ0v) is 14.4. The number of carbonyl (C=O) groups excluding carboxylic acids is 2. The van der Waals surface area contributed by atoms with E-state index in [9.17, 15) is 9.59 Å². The number of thiophene rings is 1. The first-order valence-corrected chi connectivity index (χ1v) is 8.23. The molecule has 0 spiro atoms. The van der Waals surface area contributed by atoms with E-state index in [2.05, 4.69) is 10.5 Å². The summed E-state index contributed by atoms with van der Waals surface area (Å²) in [5, 5.41) is 6.77. The molecule has 0 saturated carbocycles. The molecule has 3 aromatic rings. The summed E-state index contributed by atoms with van der Waals surface area (Å²) in [5.41, 5.74) is 3.01. The topological polar surface area (TPSA) is 72.2 Å². The van der Waals surface area contributed by atoms with E-state index in [4.69, 9.17) is 4.52 Å². The van der Waals surface area contributed by atoms with Gasteiger partial charge in [-0.15, -0.1) is 11.3 Å². The van der Waals surface area contributed by atoms with Gasteiger partial charge in [0.05, 0.1) is 16.1 Å². The number of aryl methyl sites for hydroxylation is 2. The summed E-state index contributed by atoms with van der Waals surface area (Å²) in [6, 6.07) is 10.5. The Hall–Kier alpha value is -2.73. The van der Waals surface area contributed by atoms with Crippen LogP contribution in [0.25, 0.3) is 10.4 Å². The van der Waals surface area contributed by atoms with Crippen LogP contribution in [0, 0.1) is 13.8 Å². The van der Waals surface area contributed by atoms with Crippen molar-refractivity contribution in [2.75, 3.05) is 5.32 Å². The lowest BCUT2D eigenvalue weighted by Crippen LogP contribution is -2.10. The number of hydrogen-bond acceptors (Lipinski definition) is 5. The fourth-order valence-corrected chi connectivity index (χ4v) is 3.46. The first kappa shape index (κ1) is 16.1. The molecule has 0 bridgehead atoms. The first-order chi connectivity index (χ1) is 11.5. The van der Waals surface area contributed by atoms with Gasteiger partial charge >= 0.3 is 0 Å². The molecule has 0 saturated heterocycles. The molecule has 0 aliphatic heterocycles. The lowest BCUT2D eigenvalue weighted by atomic mass is 10.1. The second-order valence-corrected chi connectivity index (χ2v) is 6.53. The molecule has 0 unspecified atom stereocenters. The highest BCUT2D eigenvalue weighted by Gasteiger charge is 2.16. The molecule has 2 aromatic heterocycles. The van der Waals surface area contributed by atoms with Crippen LogP contribution in [0.2, 0.25) is 0 Å². The molecular formula is C18H16N2O3S. The number of amides is 1. The van der Waals surface area contributed by atoms with E-state index < -0.39 is 0 Å². The third-order valence-corrected chi connectivity index (χ3v) is 4.76. The summed E-state index contributed by atoms with van der Waals surface area (Å²) in [6.07, 6.45) is 0. The van der Waals surface area contributed by atoms with Gasteiger partial charge in [-0.05, 0) is 57.2 Å². The molecule has 5 nitrogen and oxygen atoms in total. The van der Waals surface area contributed by atoms with Crippen molar-refractivity contribution in [3.05, 3.63) is 58.3 Å². The monoisotopic (exact) mass is 340 g/mol. The highest BCUT2D eigenvalue weighted by Crippen LogP contribution is 2.33. The van der Waals surface area contributed by atoms with E-state index in [-0.39, 0.29) is 11.7 Å². The fraction of sp³-hybridized carbons (Fsp3) is 0.167. The molecule has 0 fully saturated rings. The largest absolute Gasteiger partial charge is 0.361 e. The van der Waals surface area contributed by atoms with Crippen LogP contribution >= 0.6 is 11.3 Å². The van der Waals surface area contributed by atoms with Gasteiger partial charge in [0.25, 0.3) is 5.91 Å². The number of benzene rings is 1. The second kappa shape index (κ2) is 6.41. The van der Waals surface area contributed by atoms with E-state index in [0.717, 1.165) is 21.9 Å². The van der Waals surface area contributed by atoms with Gasteiger partial charge in [-0.3, -0.25) is 9.59 Å². The fourth-order valence-electron chi connectivity index (χ4n) is 2.41. The number of anilines is 1. The molecule has 0 radical (unpaired) electrons. The van der Waals surface area contributed by atoms with Gasteiger partial charge in [0, 0.05) is 16.1 Å². The number of ketones is 1. The minimum absolute atomic E-state index is 0.00441. The van der Waals surface area contributed by atoms with Crippen LogP contribution < -0.4 is 5.32 Å². The average molecular weight is 340 g/mol. The maximum absolute atomic E-state index is 12.4. The molecule has 0 aliphatic carbocycles. The zero-order chi connectivity index (χ0) is 17.3. The summed E-state index contributed by atoms with van der Waals surface area (Å²) in [6.45, 7) is 5.24. The van der Waals surface area contributed by atoms with Crippen LogP contribution in [0.1, 0.15) is 38.4 Å². The molecule has 6 heteroatoms. The Labute approximate surface area is 143 Å². The molecule has 0 atom stereocenters. The number of nitrogens with one attached hydrogen (secondary N) is 1.